The number of likely N-dealkylation sites (N-methyl/N-ethyl adjacent to an activating group) is 1. The van der Waals surface area contributed by atoms with Gasteiger partial charge in [-0.1, -0.05) is 24.6 Å². The van der Waals surface area contributed by atoms with Crippen LogP contribution in [0.3, 0.4) is 0 Å². The number of anilines is 1. The molecule has 94 valence electrons. The Morgan fingerprint density at radius 2 is 2.35 bits per heavy atom. The molecule has 0 radical (unpaired) electrons. The largest absolute Gasteiger partial charge is 0.366 e. The van der Waals surface area contributed by atoms with Gasteiger partial charge in [-0.2, -0.15) is 0 Å². The molecule has 1 fully saturated rings. The Morgan fingerprint density at radius 3 is 3.06 bits per heavy atom. The van der Waals surface area contributed by atoms with Crippen molar-refractivity contribution in [2.24, 2.45) is 0 Å². The highest BCUT2D eigenvalue weighted by Gasteiger charge is 2.22. The molecule has 0 saturated carbocycles. The highest BCUT2D eigenvalue weighted by atomic mass is 35.5. The summed E-state index contributed by atoms with van der Waals surface area (Å²) in [5, 5.41) is 3.92. The summed E-state index contributed by atoms with van der Waals surface area (Å²) in [6.07, 6.45) is 2.22. The van der Waals surface area contributed by atoms with E-state index in [1.807, 2.05) is 0 Å². The third-order valence-electron chi connectivity index (χ3n) is 3.17. The van der Waals surface area contributed by atoms with E-state index < -0.39 is 0 Å². The van der Waals surface area contributed by atoms with Gasteiger partial charge in [-0.05, 0) is 31.5 Å². The normalized spacial score (nSPS) is 20.6. The zero-order valence-corrected chi connectivity index (χ0v) is 10.8. The summed E-state index contributed by atoms with van der Waals surface area (Å²) in [7, 11) is 0. The SMILES string of the molecule is CCNC1CCCN(c2c(F)cccc2Cl)C1. The third kappa shape index (κ3) is 2.90. The predicted molar refractivity (Wildman–Crippen MR) is 70.3 cm³/mol. The second-order valence-corrected chi connectivity index (χ2v) is 4.82. The molecule has 2 nitrogen and oxygen atoms in total. The summed E-state index contributed by atoms with van der Waals surface area (Å²) in [4.78, 5) is 2.05. The lowest BCUT2D eigenvalue weighted by molar-refractivity contribution is 0.428. The lowest BCUT2D eigenvalue weighted by Gasteiger charge is -2.35. The Morgan fingerprint density at radius 1 is 1.53 bits per heavy atom. The zero-order chi connectivity index (χ0) is 12.3. The number of nitrogens with one attached hydrogen (secondary N) is 1. The molecule has 0 aliphatic carbocycles. The molecule has 1 aliphatic rings. The molecular weight excluding hydrogens is 239 g/mol. The zero-order valence-electron chi connectivity index (χ0n) is 10.0. The molecular formula is C13H18ClFN2. The van der Waals surface area contributed by atoms with Gasteiger partial charge < -0.3 is 10.2 Å². The Kier molecular flexibility index (Phi) is 4.24. The van der Waals surface area contributed by atoms with Crippen molar-refractivity contribution in [1.29, 1.82) is 0 Å². The Bertz CT molecular complexity index is 361. The third-order valence-corrected chi connectivity index (χ3v) is 3.47. The first kappa shape index (κ1) is 12.7. The molecule has 1 aromatic rings. The maximum absolute atomic E-state index is 13.8. The van der Waals surface area contributed by atoms with E-state index in [-0.39, 0.29) is 5.82 Å². The number of para-hydroxylation sites is 1. The lowest BCUT2D eigenvalue weighted by atomic mass is 10.0. The maximum atomic E-state index is 13.8. The average molecular weight is 257 g/mol. The van der Waals surface area contributed by atoms with Crippen molar-refractivity contribution in [3.05, 3.63) is 29.0 Å². The van der Waals surface area contributed by atoms with E-state index in [2.05, 4.69) is 17.1 Å². The first-order chi connectivity index (χ1) is 8.22. The van der Waals surface area contributed by atoms with Gasteiger partial charge in [-0.3, -0.25) is 0 Å². The Labute approximate surface area is 107 Å². The van der Waals surface area contributed by atoms with Gasteiger partial charge in [0.05, 0.1) is 10.7 Å². The number of hydrogen-bond acceptors (Lipinski definition) is 2. The monoisotopic (exact) mass is 256 g/mol. The fourth-order valence-electron chi connectivity index (χ4n) is 2.43. The van der Waals surface area contributed by atoms with Crippen LogP contribution >= 0.6 is 11.6 Å². The minimum absolute atomic E-state index is 0.227. The van der Waals surface area contributed by atoms with Crippen molar-refractivity contribution in [2.75, 3.05) is 24.5 Å². The van der Waals surface area contributed by atoms with Crippen LogP contribution in [0.15, 0.2) is 18.2 Å². The van der Waals surface area contributed by atoms with Gasteiger partial charge in [0.15, 0.2) is 0 Å². The fourth-order valence-corrected chi connectivity index (χ4v) is 2.71. The van der Waals surface area contributed by atoms with E-state index in [4.69, 9.17) is 11.6 Å². The van der Waals surface area contributed by atoms with Crippen molar-refractivity contribution < 1.29 is 4.39 Å². The van der Waals surface area contributed by atoms with Crippen LogP contribution in [0.25, 0.3) is 0 Å². The first-order valence-electron chi connectivity index (χ1n) is 6.14. The van der Waals surface area contributed by atoms with E-state index in [9.17, 15) is 4.39 Å². The van der Waals surface area contributed by atoms with E-state index in [0.717, 1.165) is 32.5 Å². The molecule has 1 aliphatic heterocycles. The van der Waals surface area contributed by atoms with Gasteiger partial charge in [-0.15, -0.1) is 0 Å². The van der Waals surface area contributed by atoms with Gasteiger partial charge >= 0.3 is 0 Å². The second kappa shape index (κ2) is 5.69. The van der Waals surface area contributed by atoms with Crippen LogP contribution in [0.4, 0.5) is 10.1 Å². The summed E-state index contributed by atoms with van der Waals surface area (Å²) < 4.78 is 13.8. The molecule has 1 atom stereocenters. The van der Waals surface area contributed by atoms with Gasteiger partial charge in [0.25, 0.3) is 0 Å². The molecule has 1 N–H and O–H groups in total. The van der Waals surface area contributed by atoms with Crippen molar-refractivity contribution >= 4 is 17.3 Å². The van der Waals surface area contributed by atoms with Crippen molar-refractivity contribution in [3.8, 4) is 0 Å². The quantitative estimate of drug-likeness (QED) is 0.894. The maximum Gasteiger partial charge on any atom is 0.148 e. The summed E-state index contributed by atoms with van der Waals surface area (Å²) in [5.41, 5.74) is 0.553. The highest BCUT2D eigenvalue weighted by molar-refractivity contribution is 6.33. The molecule has 0 bridgehead atoms. The van der Waals surface area contributed by atoms with Crippen LogP contribution < -0.4 is 10.2 Å². The van der Waals surface area contributed by atoms with Crippen LogP contribution in [-0.2, 0) is 0 Å². The summed E-state index contributed by atoms with van der Waals surface area (Å²) in [6.45, 7) is 4.75. The molecule has 2 rings (SSSR count). The molecule has 0 amide bonds. The Balaban J connectivity index is 2.16. The number of nitrogens with zero attached hydrogens (tertiary/aromatic N) is 1. The standard InChI is InChI=1S/C13H18ClFN2/c1-2-16-10-5-4-8-17(9-10)13-11(14)6-3-7-12(13)15/h3,6-7,10,16H,2,4-5,8-9H2,1H3. The van der Waals surface area contributed by atoms with E-state index in [1.54, 1.807) is 12.1 Å². The van der Waals surface area contributed by atoms with E-state index in [1.165, 1.54) is 6.07 Å². The number of rotatable bonds is 3. The smallest absolute Gasteiger partial charge is 0.148 e. The molecule has 17 heavy (non-hydrogen) atoms. The van der Waals surface area contributed by atoms with Crippen molar-refractivity contribution in [1.82, 2.24) is 5.32 Å². The lowest BCUT2D eigenvalue weighted by Crippen LogP contribution is -2.46. The average Bonchev–Trinajstić information content (AvgIpc) is 2.30. The topological polar surface area (TPSA) is 15.3 Å². The van der Waals surface area contributed by atoms with Crippen molar-refractivity contribution in [2.45, 2.75) is 25.8 Å². The number of piperidine rings is 1. The summed E-state index contributed by atoms with van der Waals surface area (Å²) >= 11 is 6.09. The van der Waals surface area contributed by atoms with Gasteiger partial charge in [0, 0.05) is 19.1 Å². The van der Waals surface area contributed by atoms with Crippen molar-refractivity contribution in [3.63, 3.8) is 0 Å². The minimum atomic E-state index is -0.227. The molecule has 4 heteroatoms. The number of benzene rings is 1. The van der Waals surface area contributed by atoms with Gasteiger partial charge in [0.1, 0.15) is 5.82 Å². The first-order valence-corrected chi connectivity index (χ1v) is 6.52. The molecule has 0 spiro atoms. The van der Waals surface area contributed by atoms with Crippen LogP contribution in [0, 0.1) is 5.82 Å². The predicted octanol–water partition coefficient (Wildman–Crippen LogP) is 3.06. The second-order valence-electron chi connectivity index (χ2n) is 4.41. The van der Waals surface area contributed by atoms with Gasteiger partial charge in [-0.25, -0.2) is 4.39 Å². The fraction of sp³-hybridized carbons (Fsp3) is 0.538. The summed E-state index contributed by atoms with van der Waals surface area (Å²) in [5.74, 6) is -0.227. The molecule has 1 unspecified atom stereocenters. The molecule has 0 aromatic heterocycles. The molecule has 1 heterocycles. The van der Waals surface area contributed by atoms with Gasteiger partial charge in [0.2, 0.25) is 0 Å². The van der Waals surface area contributed by atoms with E-state index in [0.29, 0.717) is 16.8 Å². The molecule has 1 saturated heterocycles. The highest BCUT2D eigenvalue weighted by Crippen LogP contribution is 2.30. The van der Waals surface area contributed by atoms with Crippen LogP contribution in [0.5, 0.6) is 0 Å². The number of halogens is 2. The minimum Gasteiger partial charge on any atom is -0.366 e. The van der Waals surface area contributed by atoms with Crippen LogP contribution in [0.1, 0.15) is 19.8 Å². The van der Waals surface area contributed by atoms with Crippen LogP contribution in [-0.4, -0.2) is 25.7 Å². The van der Waals surface area contributed by atoms with Crippen LogP contribution in [0.2, 0.25) is 5.02 Å². The van der Waals surface area contributed by atoms with E-state index >= 15 is 0 Å². The Hall–Kier alpha value is -0.800. The number of hydrogen-bond donors (Lipinski definition) is 1. The summed E-state index contributed by atoms with van der Waals surface area (Å²) in [6, 6.07) is 5.30. The molecule has 1 aromatic carbocycles.